The molecule has 0 atom stereocenters. The number of nitrogens with one attached hydrogen (secondary N) is 3. The summed E-state index contributed by atoms with van der Waals surface area (Å²) in [5, 5.41) is 5.42. The van der Waals surface area contributed by atoms with Crippen LogP contribution < -0.4 is 15.4 Å². The second-order valence-corrected chi connectivity index (χ2v) is 8.75. The van der Waals surface area contributed by atoms with Crippen molar-refractivity contribution in [3.63, 3.8) is 0 Å². The van der Waals surface area contributed by atoms with Crippen LogP contribution in [-0.2, 0) is 27.9 Å². The number of amides is 2. The maximum absolute atomic E-state index is 12.9. The summed E-state index contributed by atoms with van der Waals surface area (Å²) in [7, 11) is -3.60. The normalized spacial score (nSPS) is 11.0. The number of aromatic nitrogens is 2. The highest BCUT2D eigenvalue weighted by molar-refractivity contribution is 7.92. The summed E-state index contributed by atoms with van der Waals surface area (Å²) in [6, 6.07) is 12.1. The first kappa shape index (κ1) is 22.0. The van der Waals surface area contributed by atoms with E-state index in [0.29, 0.717) is 12.2 Å². The van der Waals surface area contributed by atoms with Gasteiger partial charge in [0.2, 0.25) is 15.9 Å². The molecule has 0 aliphatic heterocycles. The van der Waals surface area contributed by atoms with Crippen LogP contribution in [0.25, 0.3) is 0 Å². The minimum Gasteiger partial charge on any atom is -0.348 e. The average molecular weight is 442 g/mol. The average Bonchev–Trinajstić information content (AvgIpc) is 3.20. The minimum atomic E-state index is -3.60. The summed E-state index contributed by atoms with van der Waals surface area (Å²) in [4.78, 5) is 28.3. The molecule has 0 radical (unpaired) electrons. The molecular weight excluding hydrogens is 418 g/mol. The Morgan fingerprint density at radius 3 is 2.48 bits per heavy atom. The van der Waals surface area contributed by atoms with Crippen molar-refractivity contribution in [3.8, 4) is 0 Å². The lowest BCUT2D eigenvalue weighted by Gasteiger charge is -2.15. The molecule has 31 heavy (non-hydrogen) atoms. The maximum atomic E-state index is 12.9. The number of rotatable bonds is 8. The van der Waals surface area contributed by atoms with Gasteiger partial charge < -0.3 is 15.2 Å². The first-order chi connectivity index (χ1) is 14.7. The number of hydrogen-bond donors (Lipinski definition) is 3. The van der Waals surface area contributed by atoms with Crippen LogP contribution in [0, 0.1) is 0 Å². The smallest absolute Gasteiger partial charge is 0.253 e. The van der Waals surface area contributed by atoms with Gasteiger partial charge in [0.25, 0.3) is 5.91 Å². The predicted molar refractivity (Wildman–Crippen MR) is 118 cm³/mol. The second-order valence-electron chi connectivity index (χ2n) is 7.00. The molecule has 0 saturated heterocycles. The van der Waals surface area contributed by atoms with Gasteiger partial charge in [-0.2, -0.15) is 0 Å². The van der Waals surface area contributed by atoms with E-state index >= 15 is 0 Å². The van der Waals surface area contributed by atoms with Gasteiger partial charge in [-0.1, -0.05) is 24.3 Å². The molecule has 162 valence electrons. The lowest BCUT2D eigenvalue weighted by molar-refractivity contribution is -0.114. The SMILES string of the molecule is CC(=O)Nc1ccc(NS(C)(=O)=O)c(C(=O)NCc2ccccc2Cn2ccnc2)c1. The Morgan fingerprint density at radius 1 is 1.10 bits per heavy atom. The number of carbonyl (C=O) groups excluding carboxylic acids is 2. The van der Waals surface area contributed by atoms with E-state index in [1.54, 1.807) is 12.5 Å². The molecule has 9 nitrogen and oxygen atoms in total. The number of imidazole rings is 1. The van der Waals surface area contributed by atoms with Crippen molar-refractivity contribution < 1.29 is 18.0 Å². The van der Waals surface area contributed by atoms with Crippen molar-refractivity contribution in [1.82, 2.24) is 14.9 Å². The van der Waals surface area contributed by atoms with Crippen molar-refractivity contribution in [1.29, 1.82) is 0 Å². The number of sulfonamides is 1. The largest absolute Gasteiger partial charge is 0.348 e. The van der Waals surface area contributed by atoms with Crippen molar-refractivity contribution in [2.45, 2.75) is 20.0 Å². The number of hydrogen-bond acceptors (Lipinski definition) is 5. The summed E-state index contributed by atoms with van der Waals surface area (Å²) >= 11 is 0. The molecule has 1 aromatic heterocycles. The first-order valence-electron chi connectivity index (χ1n) is 9.41. The third-order valence-electron chi connectivity index (χ3n) is 4.35. The molecule has 0 bridgehead atoms. The van der Waals surface area contributed by atoms with Crippen LogP contribution >= 0.6 is 0 Å². The summed E-state index contributed by atoms with van der Waals surface area (Å²) in [6.45, 7) is 2.19. The van der Waals surface area contributed by atoms with E-state index in [-0.39, 0.29) is 23.7 Å². The van der Waals surface area contributed by atoms with Crippen molar-refractivity contribution in [2.75, 3.05) is 16.3 Å². The van der Waals surface area contributed by atoms with Gasteiger partial charge in [-0.25, -0.2) is 13.4 Å². The van der Waals surface area contributed by atoms with Gasteiger partial charge in [0.15, 0.2) is 0 Å². The monoisotopic (exact) mass is 441 g/mol. The molecule has 0 saturated carbocycles. The Bertz CT molecular complexity index is 1190. The van der Waals surface area contributed by atoms with Crippen molar-refractivity contribution in [2.24, 2.45) is 0 Å². The quantitative estimate of drug-likeness (QED) is 0.495. The molecule has 0 fully saturated rings. The molecule has 0 unspecified atom stereocenters. The molecule has 2 amide bonds. The van der Waals surface area contributed by atoms with E-state index in [4.69, 9.17) is 0 Å². The Kier molecular flexibility index (Phi) is 6.71. The van der Waals surface area contributed by atoms with Crippen LogP contribution in [0.5, 0.6) is 0 Å². The molecule has 10 heteroatoms. The Morgan fingerprint density at radius 2 is 1.84 bits per heavy atom. The first-order valence-corrected chi connectivity index (χ1v) is 11.3. The second kappa shape index (κ2) is 9.43. The molecule has 2 aromatic carbocycles. The molecule has 3 N–H and O–H groups in total. The molecule has 1 heterocycles. The van der Waals surface area contributed by atoms with Gasteiger partial charge in [-0.3, -0.25) is 14.3 Å². The predicted octanol–water partition coefficient (Wildman–Crippen LogP) is 2.19. The molecule has 0 aliphatic rings. The minimum absolute atomic E-state index is 0.101. The maximum Gasteiger partial charge on any atom is 0.253 e. The van der Waals surface area contributed by atoms with Gasteiger partial charge in [0.05, 0.1) is 23.8 Å². The lowest BCUT2D eigenvalue weighted by atomic mass is 10.1. The van der Waals surface area contributed by atoms with Crippen LogP contribution in [-0.4, -0.2) is 36.0 Å². The van der Waals surface area contributed by atoms with Gasteiger partial charge >= 0.3 is 0 Å². The summed E-state index contributed by atoms with van der Waals surface area (Å²) in [5.74, 6) is -0.778. The van der Waals surface area contributed by atoms with Crippen LogP contribution in [0.1, 0.15) is 28.4 Å². The van der Waals surface area contributed by atoms with Crippen molar-refractivity contribution in [3.05, 3.63) is 77.9 Å². The number of benzene rings is 2. The molecule has 0 aliphatic carbocycles. The fourth-order valence-electron chi connectivity index (χ4n) is 3.03. The van der Waals surface area contributed by atoms with E-state index in [1.807, 2.05) is 35.0 Å². The molecular formula is C21H23N5O4S. The lowest BCUT2D eigenvalue weighted by Crippen LogP contribution is -2.25. The zero-order chi connectivity index (χ0) is 22.4. The number of nitrogens with zero attached hydrogens (tertiary/aromatic N) is 2. The van der Waals surface area contributed by atoms with E-state index in [2.05, 4.69) is 20.3 Å². The van der Waals surface area contributed by atoms with E-state index in [9.17, 15) is 18.0 Å². The fourth-order valence-corrected chi connectivity index (χ4v) is 3.61. The van der Waals surface area contributed by atoms with Gasteiger partial charge in [0.1, 0.15) is 0 Å². The van der Waals surface area contributed by atoms with E-state index in [1.165, 1.54) is 25.1 Å². The highest BCUT2D eigenvalue weighted by Crippen LogP contribution is 2.22. The zero-order valence-electron chi connectivity index (χ0n) is 17.1. The topological polar surface area (TPSA) is 122 Å². The van der Waals surface area contributed by atoms with Crippen LogP contribution in [0.15, 0.2) is 61.2 Å². The summed E-state index contributed by atoms with van der Waals surface area (Å²) < 4.78 is 27.6. The number of carbonyl (C=O) groups is 2. The van der Waals surface area contributed by atoms with Crippen LogP contribution in [0.4, 0.5) is 11.4 Å². The molecule has 3 rings (SSSR count). The third-order valence-corrected chi connectivity index (χ3v) is 4.94. The van der Waals surface area contributed by atoms with E-state index in [0.717, 1.165) is 17.4 Å². The van der Waals surface area contributed by atoms with Gasteiger partial charge in [-0.05, 0) is 29.3 Å². The Balaban J connectivity index is 1.82. The fraction of sp³-hybridized carbons (Fsp3) is 0.190. The van der Waals surface area contributed by atoms with Crippen LogP contribution in [0.2, 0.25) is 0 Å². The summed E-state index contributed by atoms with van der Waals surface area (Å²) in [5.41, 5.74) is 2.55. The molecule has 0 spiro atoms. The highest BCUT2D eigenvalue weighted by atomic mass is 32.2. The van der Waals surface area contributed by atoms with Crippen LogP contribution in [0.3, 0.4) is 0 Å². The molecule has 3 aromatic rings. The van der Waals surface area contributed by atoms with E-state index < -0.39 is 15.9 Å². The standard InChI is InChI=1S/C21H23N5O4S/c1-15(27)24-18-7-8-20(25-31(2,29)30)19(11-18)21(28)23-12-16-5-3-4-6-17(16)13-26-10-9-22-14-26/h3-11,14,25H,12-13H2,1-2H3,(H,23,28)(H,24,27). The number of anilines is 2. The zero-order valence-corrected chi connectivity index (χ0v) is 17.9. The van der Waals surface area contributed by atoms with Crippen molar-refractivity contribution >= 4 is 33.2 Å². The summed E-state index contributed by atoms with van der Waals surface area (Å²) in [6.07, 6.45) is 6.27. The van der Waals surface area contributed by atoms with Gasteiger partial charge in [-0.15, -0.1) is 0 Å². The Labute approximate surface area is 180 Å². The highest BCUT2D eigenvalue weighted by Gasteiger charge is 2.16. The Hall–Kier alpha value is -3.66. The third kappa shape index (κ3) is 6.41. The van der Waals surface area contributed by atoms with Gasteiger partial charge in [0, 0.05) is 38.1 Å².